The molecule has 5 rings (SSSR count). The lowest BCUT2D eigenvalue weighted by Gasteiger charge is -2.31. The molecule has 17 heteroatoms. The van der Waals surface area contributed by atoms with Gasteiger partial charge in [0, 0.05) is 24.0 Å². The Hall–Kier alpha value is -5.27. The van der Waals surface area contributed by atoms with Crippen molar-refractivity contribution in [3.63, 3.8) is 0 Å². The van der Waals surface area contributed by atoms with Gasteiger partial charge in [-0.1, -0.05) is 6.07 Å². The summed E-state index contributed by atoms with van der Waals surface area (Å²) >= 11 is 0. The van der Waals surface area contributed by atoms with Gasteiger partial charge in [0.25, 0.3) is 5.91 Å². The highest BCUT2D eigenvalue weighted by Gasteiger charge is 2.39. The Labute approximate surface area is 238 Å². The maximum atomic E-state index is 13.5. The van der Waals surface area contributed by atoms with E-state index in [0.29, 0.717) is 36.0 Å². The quantitative estimate of drug-likeness (QED) is 0.213. The molecule has 1 atom stereocenters. The molecule has 4 heterocycles. The number of hydrogen-bond acceptors (Lipinski definition) is 9. The van der Waals surface area contributed by atoms with Crippen molar-refractivity contribution in [1.29, 1.82) is 0 Å². The van der Waals surface area contributed by atoms with E-state index in [9.17, 15) is 31.1 Å². The standard InChI is InChI=1S/C26H19F6N9O2/c1-13(23-39-40-24(43-23)26(30,31)32)37-22(42)14-3-6-20(34-10-14)38-21-16-7-8-41(11-19(16)35-12-36-21)15-4-5-18(33-2)17(9-15)25(27,28)29/h3-6,9-10,12-13H,7-8,11H2,1H3,(H,37,42)(H,34,35,36,38)/t13-/m1/s1. The fourth-order valence-corrected chi connectivity index (χ4v) is 4.32. The molecule has 1 aliphatic heterocycles. The van der Waals surface area contributed by atoms with Crippen LogP contribution in [0.2, 0.25) is 0 Å². The molecule has 1 aliphatic rings. The summed E-state index contributed by atoms with van der Waals surface area (Å²) in [5.74, 6) is -1.83. The SMILES string of the molecule is [C-]#[N+]c1ccc(N2CCc3c(ncnc3Nc3ccc(C(=O)N[C@H](C)c4nnc(C(F)(F)F)o4)cn3)C2)cc1C(F)(F)F. The summed E-state index contributed by atoms with van der Waals surface area (Å²) in [6.45, 7) is 8.97. The van der Waals surface area contributed by atoms with Crippen molar-refractivity contribution in [3.8, 4) is 0 Å². The van der Waals surface area contributed by atoms with Crippen LogP contribution in [0.25, 0.3) is 4.85 Å². The molecule has 0 saturated heterocycles. The zero-order chi connectivity index (χ0) is 30.9. The van der Waals surface area contributed by atoms with E-state index < -0.39 is 47.3 Å². The number of benzene rings is 1. The van der Waals surface area contributed by atoms with Crippen molar-refractivity contribution in [2.45, 2.75) is 38.3 Å². The third-order valence-electron chi connectivity index (χ3n) is 6.45. The second-order valence-electron chi connectivity index (χ2n) is 9.33. The maximum Gasteiger partial charge on any atom is 0.470 e. The average molecular weight is 603 g/mol. The van der Waals surface area contributed by atoms with Gasteiger partial charge in [0.05, 0.1) is 29.9 Å². The molecule has 0 bridgehead atoms. The molecule has 0 spiro atoms. The molecule has 1 amide bonds. The number of hydrogen-bond donors (Lipinski definition) is 2. The van der Waals surface area contributed by atoms with Crippen LogP contribution in [-0.4, -0.2) is 37.6 Å². The first kappa shape index (κ1) is 29.2. The number of carbonyl (C=O) groups is 1. The molecule has 1 aromatic carbocycles. The molecule has 4 aromatic rings. The summed E-state index contributed by atoms with van der Waals surface area (Å²) in [6.07, 6.45) is -6.53. The van der Waals surface area contributed by atoms with Crippen molar-refractivity contribution < 1.29 is 35.6 Å². The van der Waals surface area contributed by atoms with Crippen LogP contribution in [0.1, 0.15) is 51.9 Å². The number of anilines is 3. The Morgan fingerprint density at radius 3 is 2.51 bits per heavy atom. The van der Waals surface area contributed by atoms with Crippen LogP contribution in [0.3, 0.4) is 0 Å². The van der Waals surface area contributed by atoms with E-state index in [1.807, 2.05) is 0 Å². The normalized spacial score (nSPS) is 14.0. The molecule has 0 aliphatic carbocycles. The maximum absolute atomic E-state index is 13.5. The van der Waals surface area contributed by atoms with E-state index in [4.69, 9.17) is 6.57 Å². The lowest BCUT2D eigenvalue weighted by Crippen LogP contribution is -2.32. The predicted octanol–water partition coefficient (Wildman–Crippen LogP) is 5.64. The van der Waals surface area contributed by atoms with Crippen molar-refractivity contribution in [2.75, 3.05) is 16.8 Å². The van der Waals surface area contributed by atoms with E-state index in [-0.39, 0.29) is 12.1 Å². The van der Waals surface area contributed by atoms with Gasteiger partial charge in [0.1, 0.15) is 24.0 Å². The fraction of sp³-hybridized carbons (Fsp3) is 0.269. The number of pyridine rings is 1. The highest BCUT2D eigenvalue weighted by molar-refractivity contribution is 5.94. The Balaban J connectivity index is 1.25. The summed E-state index contributed by atoms with van der Waals surface area (Å²) in [6, 6.07) is 5.51. The average Bonchev–Trinajstić information content (AvgIpc) is 3.48. The van der Waals surface area contributed by atoms with E-state index in [1.54, 1.807) is 4.90 Å². The number of amides is 1. The minimum Gasteiger partial charge on any atom is -0.415 e. The van der Waals surface area contributed by atoms with Gasteiger partial charge in [0.2, 0.25) is 5.89 Å². The minimum absolute atomic E-state index is 0.107. The van der Waals surface area contributed by atoms with Crippen LogP contribution in [0.4, 0.5) is 49.4 Å². The summed E-state index contributed by atoms with van der Waals surface area (Å²) in [4.78, 5) is 30.0. The molecule has 0 radical (unpaired) electrons. The van der Waals surface area contributed by atoms with Crippen molar-refractivity contribution in [3.05, 3.63) is 88.4 Å². The summed E-state index contributed by atoms with van der Waals surface area (Å²) < 4.78 is 83.0. The number of fused-ring (bicyclic) bond motifs is 1. The Morgan fingerprint density at radius 1 is 1.07 bits per heavy atom. The monoisotopic (exact) mass is 603 g/mol. The van der Waals surface area contributed by atoms with Gasteiger partial charge in [-0.3, -0.25) is 4.79 Å². The molecule has 222 valence electrons. The van der Waals surface area contributed by atoms with Crippen LogP contribution < -0.4 is 15.5 Å². The molecular weight excluding hydrogens is 584 g/mol. The number of nitrogens with one attached hydrogen (secondary N) is 2. The van der Waals surface area contributed by atoms with Crippen LogP contribution in [0.15, 0.2) is 47.3 Å². The smallest absolute Gasteiger partial charge is 0.415 e. The van der Waals surface area contributed by atoms with Crippen molar-refractivity contribution in [1.82, 2.24) is 30.5 Å². The van der Waals surface area contributed by atoms with Crippen molar-refractivity contribution in [2.24, 2.45) is 0 Å². The topological polar surface area (TPSA) is 126 Å². The van der Waals surface area contributed by atoms with Gasteiger partial charge >= 0.3 is 18.2 Å². The first-order valence-corrected chi connectivity index (χ1v) is 12.4. The summed E-state index contributed by atoms with van der Waals surface area (Å²) in [7, 11) is 0. The molecule has 3 aromatic heterocycles. The van der Waals surface area contributed by atoms with E-state index in [0.717, 1.165) is 17.7 Å². The first-order chi connectivity index (χ1) is 20.3. The third kappa shape index (κ3) is 6.32. The Morgan fingerprint density at radius 2 is 1.86 bits per heavy atom. The number of aromatic nitrogens is 5. The number of nitrogens with zero attached hydrogens (tertiary/aromatic N) is 7. The van der Waals surface area contributed by atoms with Crippen LogP contribution >= 0.6 is 0 Å². The van der Waals surface area contributed by atoms with Gasteiger partial charge in [0.15, 0.2) is 5.69 Å². The number of halogens is 6. The van der Waals surface area contributed by atoms with Crippen LogP contribution in [-0.2, 0) is 25.3 Å². The van der Waals surface area contributed by atoms with Gasteiger partial charge < -0.3 is 20.0 Å². The highest BCUT2D eigenvalue weighted by atomic mass is 19.4. The van der Waals surface area contributed by atoms with Gasteiger partial charge in [-0.15, -0.1) is 10.2 Å². The third-order valence-corrected chi connectivity index (χ3v) is 6.45. The number of rotatable bonds is 6. The lowest BCUT2D eigenvalue weighted by molar-refractivity contribution is -0.157. The fourth-order valence-electron chi connectivity index (χ4n) is 4.32. The molecule has 0 fully saturated rings. The summed E-state index contributed by atoms with van der Waals surface area (Å²) in [5, 5.41) is 11.8. The molecule has 0 saturated carbocycles. The molecule has 11 nitrogen and oxygen atoms in total. The Bertz CT molecular complexity index is 1700. The largest absolute Gasteiger partial charge is 0.470 e. The molecule has 0 unspecified atom stereocenters. The molecular formula is C26H19F6N9O2. The van der Waals surface area contributed by atoms with Gasteiger partial charge in [-0.05, 0) is 37.6 Å². The summed E-state index contributed by atoms with van der Waals surface area (Å²) in [5.41, 5.74) is 0.270. The second-order valence-corrected chi connectivity index (χ2v) is 9.33. The minimum atomic E-state index is -4.81. The highest BCUT2D eigenvalue weighted by Crippen LogP contribution is 2.39. The van der Waals surface area contributed by atoms with Crippen molar-refractivity contribution >= 4 is 28.9 Å². The van der Waals surface area contributed by atoms with E-state index in [1.165, 1.54) is 37.6 Å². The van der Waals surface area contributed by atoms with E-state index in [2.05, 4.69) is 45.0 Å². The zero-order valence-electron chi connectivity index (χ0n) is 22.0. The van der Waals surface area contributed by atoms with Gasteiger partial charge in [-0.2, -0.15) is 26.3 Å². The molecule has 2 N–H and O–H groups in total. The number of carbonyl (C=O) groups excluding carboxylic acids is 1. The zero-order valence-corrected chi connectivity index (χ0v) is 22.0. The van der Waals surface area contributed by atoms with Crippen LogP contribution in [0, 0.1) is 6.57 Å². The molecule has 43 heavy (non-hydrogen) atoms. The number of alkyl halides is 6. The van der Waals surface area contributed by atoms with Crippen LogP contribution in [0.5, 0.6) is 0 Å². The first-order valence-electron chi connectivity index (χ1n) is 12.4. The second kappa shape index (κ2) is 11.2. The lowest BCUT2D eigenvalue weighted by atomic mass is 10.0. The van der Waals surface area contributed by atoms with E-state index >= 15 is 0 Å². The predicted molar refractivity (Wildman–Crippen MR) is 137 cm³/mol. The van der Waals surface area contributed by atoms with Gasteiger partial charge in [-0.25, -0.2) is 19.8 Å². The Kier molecular flexibility index (Phi) is 7.61.